The summed E-state index contributed by atoms with van der Waals surface area (Å²) in [6.07, 6.45) is -3.89. The molecule has 2 aromatic carbocycles. The molecular formula is C23H25F3N5O2P. The summed E-state index contributed by atoms with van der Waals surface area (Å²) in [6.45, 7) is 6.22. The first-order chi connectivity index (χ1) is 16.1. The molecule has 0 aliphatic carbocycles. The van der Waals surface area contributed by atoms with Crippen molar-refractivity contribution in [3.05, 3.63) is 60.3 Å². The van der Waals surface area contributed by atoms with E-state index in [0.29, 0.717) is 29.9 Å². The van der Waals surface area contributed by atoms with Crippen molar-refractivity contribution in [3.63, 3.8) is 0 Å². The van der Waals surface area contributed by atoms with Gasteiger partial charge in [-0.1, -0.05) is 0 Å². The number of alkyl halides is 3. The lowest BCUT2D eigenvalue weighted by atomic mass is 10.2. The summed E-state index contributed by atoms with van der Waals surface area (Å²) in [7, 11) is -2.47. The highest BCUT2D eigenvalue weighted by Gasteiger charge is 2.35. The van der Waals surface area contributed by atoms with E-state index in [1.54, 1.807) is 37.6 Å². The molecule has 0 saturated carbocycles. The molecule has 0 unspecified atom stereocenters. The van der Waals surface area contributed by atoms with E-state index in [4.69, 9.17) is 4.74 Å². The lowest BCUT2D eigenvalue weighted by Gasteiger charge is -2.28. The highest BCUT2D eigenvalue weighted by molar-refractivity contribution is 7.70. The van der Waals surface area contributed by atoms with Gasteiger partial charge in [-0.2, -0.15) is 18.2 Å². The molecule has 0 amide bonds. The molecule has 0 bridgehead atoms. The third-order valence-corrected chi connectivity index (χ3v) is 6.89. The van der Waals surface area contributed by atoms with Gasteiger partial charge in [0.2, 0.25) is 5.95 Å². The molecule has 1 aromatic heterocycles. The number of hydrogen-bond acceptors (Lipinski definition) is 7. The van der Waals surface area contributed by atoms with Gasteiger partial charge >= 0.3 is 6.18 Å². The number of rotatable bonds is 6. The van der Waals surface area contributed by atoms with Crippen molar-refractivity contribution in [1.29, 1.82) is 0 Å². The SMILES string of the molecule is CP(C)(=O)c1ccc(Nc2nc(Nc3ccc(N4CCOCC4)cc3)ncc2C(F)(F)F)cc1. The maximum Gasteiger partial charge on any atom is 0.421 e. The van der Waals surface area contributed by atoms with Crippen LogP contribution in [-0.4, -0.2) is 49.6 Å². The van der Waals surface area contributed by atoms with Crippen LogP contribution in [0.5, 0.6) is 0 Å². The minimum Gasteiger partial charge on any atom is -0.378 e. The van der Waals surface area contributed by atoms with Gasteiger partial charge in [-0.05, 0) is 61.9 Å². The topological polar surface area (TPSA) is 79.4 Å². The third-order valence-electron chi connectivity index (χ3n) is 5.35. The van der Waals surface area contributed by atoms with Crippen LogP contribution >= 0.6 is 7.14 Å². The van der Waals surface area contributed by atoms with Crippen LogP contribution in [0.2, 0.25) is 0 Å². The van der Waals surface area contributed by atoms with E-state index in [1.165, 1.54) is 0 Å². The maximum atomic E-state index is 13.6. The standard InChI is InChI=1S/C23H25F3N5O2P/c1-34(2,32)19-9-5-16(6-10-19)28-21-20(23(24,25)26)15-27-22(30-21)29-17-3-7-18(8-4-17)31-11-13-33-14-12-31/h3-10,15H,11-14H2,1-2H3,(H2,27,28,29,30). The Morgan fingerprint density at radius 2 is 1.53 bits per heavy atom. The predicted molar refractivity (Wildman–Crippen MR) is 129 cm³/mol. The Morgan fingerprint density at radius 1 is 0.941 bits per heavy atom. The van der Waals surface area contributed by atoms with Gasteiger partial charge in [0, 0.05) is 41.7 Å². The van der Waals surface area contributed by atoms with E-state index in [2.05, 4.69) is 25.5 Å². The van der Waals surface area contributed by atoms with Crippen LogP contribution in [0.1, 0.15) is 5.56 Å². The molecule has 180 valence electrons. The summed E-state index contributed by atoms with van der Waals surface area (Å²) in [5.41, 5.74) is 1.09. The van der Waals surface area contributed by atoms with E-state index in [9.17, 15) is 17.7 Å². The zero-order valence-electron chi connectivity index (χ0n) is 18.8. The second-order valence-electron chi connectivity index (χ2n) is 8.25. The zero-order valence-corrected chi connectivity index (χ0v) is 19.7. The van der Waals surface area contributed by atoms with E-state index in [1.807, 2.05) is 24.3 Å². The fourth-order valence-corrected chi connectivity index (χ4v) is 4.36. The first-order valence-electron chi connectivity index (χ1n) is 10.7. The Bertz CT molecular complexity index is 1170. The molecular weight excluding hydrogens is 466 g/mol. The van der Waals surface area contributed by atoms with Crippen LogP contribution in [0.3, 0.4) is 0 Å². The van der Waals surface area contributed by atoms with Crippen LogP contribution in [-0.2, 0) is 15.5 Å². The van der Waals surface area contributed by atoms with Crippen molar-refractivity contribution in [2.24, 2.45) is 0 Å². The molecule has 7 nitrogen and oxygen atoms in total. The molecule has 1 fully saturated rings. The fourth-order valence-electron chi connectivity index (χ4n) is 3.49. The summed E-state index contributed by atoms with van der Waals surface area (Å²) in [5.74, 6) is -0.350. The average Bonchev–Trinajstić information content (AvgIpc) is 2.79. The van der Waals surface area contributed by atoms with E-state index < -0.39 is 18.9 Å². The van der Waals surface area contributed by atoms with Gasteiger partial charge in [0.25, 0.3) is 0 Å². The van der Waals surface area contributed by atoms with E-state index in [-0.39, 0.29) is 11.8 Å². The predicted octanol–water partition coefficient (Wildman–Crippen LogP) is 5.07. The van der Waals surface area contributed by atoms with Gasteiger partial charge in [-0.15, -0.1) is 0 Å². The zero-order chi connectivity index (χ0) is 24.3. The van der Waals surface area contributed by atoms with Crippen molar-refractivity contribution in [2.75, 3.05) is 55.2 Å². The molecule has 1 saturated heterocycles. The number of morpholine rings is 1. The van der Waals surface area contributed by atoms with Gasteiger partial charge in [-0.25, -0.2) is 4.98 Å². The second kappa shape index (κ2) is 9.64. The summed E-state index contributed by atoms with van der Waals surface area (Å²) in [4.78, 5) is 10.1. The lowest BCUT2D eigenvalue weighted by Crippen LogP contribution is -2.36. The number of ether oxygens (including phenoxy) is 1. The smallest absolute Gasteiger partial charge is 0.378 e. The number of nitrogens with one attached hydrogen (secondary N) is 2. The Kier molecular flexibility index (Phi) is 6.81. The average molecular weight is 491 g/mol. The molecule has 2 heterocycles. The molecule has 3 aromatic rings. The summed E-state index contributed by atoms with van der Waals surface area (Å²) >= 11 is 0. The fraction of sp³-hybridized carbons (Fsp3) is 0.304. The molecule has 0 radical (unpaired) electrons. The second-order valence-corrected chi connectivity index (χ2v) is 11.5. The van der Waals surface area contributed by atoms with Crippen LogP contribution < -0.4 is 20.8 Å². The molecule has 0 atom stereocenters. The number of hydrogen-bond donors (Lipinski definition) is 2. The largest absolute Gasteiger partial charge is 0.421 e. The molecule has 1 aliphatic rings. The molecule has 34 heavy (non-hydrogen) atoms. The number of anilines is 5. The number of benzene rings is 2. The number of nitrogens with zero attached hydrogens (tertiary/aromatic N) is 3. The molecule has 11 heteroatoms. The van der Waals surface area contributed by atoms with Gasteiger partial charge in [0.05, 0.1) is 13.2 Å². The lowest BCUT2D eigenvalue weighted by molar-refractivity contribution is -0.137. The van der Waals surface area contributed by atoms with Gasteiger partial charge < -0.3 is 24.8 Å². The molecule has 4 rings (SSSR count). The molecule has 2 N–H and O–H groups in total. The molecule has 0 spiro atoms. The monoisotopic (exact) mass is 491 g/mol. The highest BCUT2D eigenvalue weighted by Crippen LogP contribution is 2.37. The van der Waals surface area contributed by atoms with Crippen LogP contribution in [0, 0.1) is 0 Å². The third kappa shape index (κ3) is 5.87. The van der Waals surface area contributed by atoms with Crippen molar-refractivity contribution in [1.82, 2.24) is 9.97 Å². The maximum absolute atomic E-state index is 13.6. The van der Waals surface area contributed by atoms with Gasteiger partial charge in [0.1, 0.15) is 18.5 Å². The van der Waals surface area contributed by atoms with Crippen LogP contribution in [0.25, 0.3) is 0 Å². The summed E-state index contributed by atoms with van der Waals surface area (Å²) in [5, 5.41) is 6.31. The summed E-state index contributed by atoms with van der Waals surface area (Å²) in [6, 6.07) is 13.9. The minimum atomic E-state index is -4.64. The first-order valence-corrected chi connectivity index (χ1v) is 13.3. The van der Waals surface area contributed by atoms with Crippen molar-refractivity contribution < 1.29 is 22.5 Å². The van der Waals surface area contributed by atoms with Gasteiger partial charge in [0.15, 0.2) is 0 Å². The minimum absolute atomic E-state index is 0.0258. The first kappa shape index (κ1) is 24.0. The van der Waals surface area contributed by atoms with E-state index in [0.717, 1.165) is 25.0 Å². The van der Waals surface area contributed by atoms with Crippen molar-refractivity contribution >= 4 is 41.3 Å². The van der Waals surface area contributed by atoms with Gasteiger partial charge in [-0.3, -0.25) is 0 Å². The Balaban J connectivity index is 1.55. The Morgan fingerprint density at radius 3 is 2.12 bits per heavy atom. The normalized spacial score (nSPS) is 14.7. The summed E-state index contributed by atoms with van der Waals surface area (Å²) < 4.78 is 58.2. The van der Waals surface area contributed by atoms with E-state index >= 15 is 0 Å². The highest BCUT2D eigenvalue weighted by atomic mass is 31.2. The Hall–Kier alpha value is -3.10. The molecule has 1 aliphatic heterocycles. The van der Waals surface area contributed by atoms with Crippen LogP contribution in [0.15, 0.2) is 54.7 Å². The number of aromatic nitrogens is 2. The quantitative estimate of drug-likeness (QED) is 0.467. The van der Waals surface area contributed by atoms with Crippen LogP contribution in [0.4, 0.5) is 42.0 Å². The van der Waals surface area contributed by atoms with Crippen molar-refractivity contribution in [2.45, 2.75) is 6.18 Å². The van der Waals surface area contributed by atoms with Crippen molar-refractivity contribution in [3.8, 4) is 0 Å². The number of halogens is 3. The Labute approximate surface area is 195 Å².